The molecule has 0 nitrogen and oxygen atoms in total. The third-order valence-electron chi connectivity index (χ3n) is 4.31. The normalized spacial score (nSPS) is 13.9. The number of rotatable bonds is 10. The van der Waals surface area contributed by atoms with Crippen molar-refractivity contribution in [1.82, 2.24) is 0 Å². The van der Waals surface area contributed by atoms with Crippen LogP contribution >= 0.6 is 0 Å². The SMILES string of the molecule is [CH2-]C(CC)CC(CC)CC([CH2-])CC(CC)CC.[Y].[Y].[Y].[Y]. The fraction of sp³-hybridized carbons (Fsp3) is 0.882. The fourth-order valence-electron chi connectivity index (χ4n) is 2.73. The van der Waals surface area contributed by atoms with Crippen LogP contribution in [-0.4, -0.2) is 0 Å². The minimum Gasteiger partial charge on any atom is -0.340 e. The van der Waals surface area contributed by atoms with E-state index in [2.05, 4.69) is 41.5 Å². The van der Waals surface area contributed by atoms with E-state index < -0.39 is 0 Å². The van der Waals surface area contributed by atoms with Crippen LogP contribution in [0.2, 0.25) is 0 Å². The molecule has 0 aromatic rings. The predicted octanol–water partition coefficient (Wildman–Crippen LogP) is 5.92. The Labute approximate surface area is 236 Å². The van der Waals surface area contributed by atoms with Crippen molar-refractivity contribution in [2.24, 2.45) is 23.7 Å². The molecule has 21 heavy (non-hydrogen) atoms. The van der Waals surface area contributed by atoms with Gasteiger partial charge in [0.25, 0.3) is 0 Å². The van der Waals surface area contributed by atoms with E-state index in [0.29, 0.717) is 11.8 Å². The van der Waals surface area contributed by atoms with E-state index in [9.17, 15) is 0 Å². The van der Waals surface area contributed by atoms with Crippen molar-refractivity contribution in [2.45, 2.75) is 72.6 Å². The molecule has 0 amide bonds. The molecule has 0 N–H and O–H groups in total. The maximum absolute atomic E-state index is 4.37. The molecule has 0 aromatic heterocycles. The average molecular weight is 594 g/mol. The summed E-state index contributed by atoms with van der Waals surface area (Å²) in [6, 6.07) is 0. The van der Waals surface area contributed by atoms with Crippen molar-refractivity contribution < 1.29 is 131 Å². The Balaban J connectivity index is -0.000000213. The summed E-state index contributed by atoms with van der Waals surface area (Å²) in [4.78, 5) is 0. The van der Waals surface area contributed by atoms with Crippen molar-refractivity contribution in [3.63, 3.8) is 0 Å². The molecule has 3 unspecified atom stereocenters. The van der Waals surface area contributed by atoms with Crippen molar-refractivity contribution >= 4 is 0 Å². The van der Waals surface area contributed by atoms with Gasteiger partial charge in [-0.15, -0.1) is 0 Å². The summed E-state index contributed by atoms with van der Waals surface area (Å²) in [7, 11) is 0. The van der Waals surface area contributed by atoms with Crippen LogP contribution in [0.4, 0.5) is 0 Å². The summed E-state index contributed by atoms with van der Waals surface area (Å²) >= 11 is 0. The van der Waals surface area contributed by atoms with Crippen LogP contribution in [0.1, 0.15) is 72.6 Å². The molecule has 0 aliphatic carbocycles. The Morgan fingerprint density at radius 3 is 1.19 bits per heavy atom. The summed E-state index contributed by atoms with van der Waals surface area (Å²) in [5, 5.41) is 0. The first-order valence-electron chi connectivity index (χ1n) is 7.73. The van der Waals surface area contributed by atoms with Gasteiger partial charge in [0.2, 0.25) is 0 Å². The molecule has 0 bridgehead atoms. The van der Waals surface area contributed by atoms with Gasteiger partial charge >= 0.3 is 0 Å². The van der Waals surface area contributed by atoms with Crippen LogP contribution in [-0.2, 0) is 131 Å². The van der Waals surface area contributed by atoms with Crippen molar-refractivity contribution in [3.8, 4) is 0 Å². The summed E-state index contributed by atoms with van der Waals surface area (Å²) < 4.78 is 0. The van der Waals surface area contributed by atoms with Gasteiger partial charge in [-0.2, -0.15) is 11.8 Å². The average Bonchev–Trinajstić information content (AvgIpc) is 2.34. The van der Waals surface area contributed by atoms with Gasteiger partial charge < -0.3 is 13.8 Å². The molecule has 116 valence electrons. The molecule has 0 saturated carbocycles. The van der Waals surface area contributed by atoms with Crippen LogP contribution < -0.4 is 0 Å². The van der Waals surface area contributed by atoms with E-state index in [-0.39, 0.29) is 131 Å². The van der Waals surface area contributed by atoms with Crippen LogP contribution in [0.3, 0.4) is 0 Å². The van der Waals surface area contributed by atoms with Gasteiger partial charge in [-0.05, 0) is 11.8 Å². The Kier molecular flexibility index (Phi) is 42.3. The molecule has 0 aliphatic rings. The number of hydrogen-bond acceptors (Lipinski definition) is 0. The van der Waals surface area contributed by atoms with Crippen molar-refractivity contribution in [3.05, 3.63) is 13.8 Å². The van der Waals surface area contributed by atoms with Crippen LogP contribution in [0.5, 0.6) is 0 Å². The van der Waals surface area contributed by atoms with Gasteiger partial charge in [-0.3, -0.25) is 0 Å². The second-order valence-electron chi connectivity index (χ2n) is 5.80. The molecule has 0 heterocycles. The number of hydrogen-bond donors (Lipinski definition) is 0. The Morgan fingerprint density at radius 2 is 0.857 bits per heavy atom. The quantitative estimate of drug-likeness (QED) is 0.276. The first-order valence-corrected chi connectivity index (χ1v) is 7.73. The van der Waals surface area contributed by atoms with E-state index in [1.807, 2.05) is 0 Å². The van der Waals surface area contributed by atoms with Gasteiger partial charge in [0.05, 0.1) is 0 Å². The second kappa shape index (κ2) is 24.4. The summed E-state index contributed by atoms with van der Waals surface area (Å²) in [6.07, 6.45) is 9.04. The minimum atomic E-state index is 0. The standard InChI is InChI=1S/C17H34.4Y/c1-7-14(5)11-17(10-4)13-15(6)12-16(8-2)9-3;;;;/h14-17H,5-13H2,1-4H3;;;;/q-2;;;;. The van der Waals surface area contributed by atoms with Crippen molar-refractivity contribution in [2.75, 3.05) is 0 Å². The largest absolute Gasteiger partial charge is 0.340 e. The zero-order valence-electron chi connectivity index (χ0n) is 15.0. The van der Waals surface area contributed by atoms with Gasteiger partial charge in [0, 0.05) is 131 Å². The predicted molar refractivity (Wildman–Crippen MR) is 79.7 cm³/mol. The molecule has 0 spiro atoms. The van der Waals surface area contributed by atoms with E-state index >= 15 is 0 Å². The maximum Gasteiger partial charge on any atom is 0 e. The minimum absolute atomic E-state index is 0. The molecule has 4 heteroatoms. The Hall–Kier alpha value is 4.42. The second-order valence-corrected chi connectivity index (χ2v) is 5.80. The fourth-order valence-corrected chi connectivity index (χ4v) is 2.73. The monoisotopic (exact) mass is 594 g/mol. The molecular formula is C17H34Y4-2. The third kappa shape index (κ3) is 20.6. The molecule has 0 saturated heterocycles. The smallest absolute Gasteiger partial charge is 0 e. The Bertz CT molecular complexity index is 172. The van der Waals surface area contributed by atoms with Gasteiger partial charge in [0.1, 0.15) is 0 Å². The van der Waals surface area contributed by atoms with Crippen LogP contribution in [0, 0.1) is 37.5 Å². The van der Waals surface area contributed by atoms with Gasteiger partial charge in [0.15, 0.2) is 0 Å². The zero-order valence-corrected chi connectivity index (χ0v) is 26.3. The molecule has 3 atom stereocenters. The summed E-state index contributed by atoms with van der Waals surface area (Å²) in [5.74, 6) is 3.01. The molecule has 0 aromatic carbocycles. The molecule has 0 aliphatic heterocycles. The first kappa shape index (κ1) is 36.4. The van der Waals surface area contributed by atoms with Crippen LogP contribution in [0.15, 0.2) is 0 Å². The van der Waals surface area contributed by atoms with E-state index in [0.717, 1.165) is 11.8 Å². The van der Waals surface area contributed by atoms with Crippen molar-refractivity contribution in [1.29, 1.82) is 0 Å². The third-order valence-corrected chi connectivity index (χ3v) is 4.31. The molecular weight excluding hydrogens is 560 g/mol. The van der Waals surface area contributed by atoms with E-state index in [1.54, 1.807) is 0 Å². The summed E-state index contributed by atoms with van der Waals surface area (Å²) in [6.45, 7) is 17.8. The topological polar surface area (TPSA) is 0 Å². The van der Waals surface area contributed by atoms with Gasteiger partial charge in [-0.1, -0.05) is 72.6 Å². The van der Waals surface area contributed by atoms with Gasteiger partial charge in [-0.25, -0.2) is 0 Å². The molecule has 0 fully saturated rings. The molecule has 0 rings (SSSR count). The zero-order chi connectivity index (χ0) is 13.3. The Morgan fingerprint density at radius 1 is 0.524 bits per heavy atom. The first-order chi connectivity index (χ1) is 8.07. The van der Waals surface area contributed by atoms with Crippen LogP contribution in [0.25, 0.3) is 0 Å². The summed E-state index contributed by atoms with van der Waals surface area (Å²) in [5.41, 5.74) is 0. The molecule has 4 radical (unpaired) electrons. The van der Waals surface area contributed by atoms with E-state index in [1.165, 1.54) is 44.9 Å². The van der Waals surface area contributed by atoms with E-state index in [4.69, 9.17) is 0 Å². The maximum atomic E-state index is 4.37.